The number of nitrogens with zero attached hydrogens (tertiary/aromatic N) is 2. The van der Waals surface area contributed by atoms with Gasteiger partial charge >= 0.3 is 0 Å². The van der Waals surface area contributed by atoms with Crippen LogP contribution in [-0.4, -0.2) is 41.2 Å². The van der Waals surface area contributed by atoms with Gasteiger partial charge in [0.1, 0.15) is 0 Å². The number of aromatic nitrogens is 1. The molecule has 1 amide bonds. The van der Waals surface area contributed by atoms with Gasteiger partial charge in [-0.3, -0.25) is 14.5 Å². The van der Waals surface area contributed by atoms with Crippen LogP contribution >= 0.6 is 11.6 Å². The highest BCUT2D eigenvalue weighted by Crippen LogP contribution is 2.22. The molecule has 0 bridgehead atoms. The molecule has 0 atom stereocenters. The smallest absolute Gasteiger partial charge is 0.238 e. The number of benzene rings is 1. The van der Waals surface area contributed by atoms with E-state index < -0.39 is 0 Å². The molecule has 0 aliphatic carbocycles. The van der Waals surface area contributed by atoms with Crippen molar-refractivity contribution in [2.75, 3.05) is 25.0 Å². The third-order valence-corrected chi connectivity index (χ3v) is 4.72. The summed E-state index contributed by atoms with van der Waals surface area (Å²) in [6, 6.07) is 12.8. The molecule has 3 rings (SSSR count). The van der Waals surface area contributed by atoms with Crippen LogP contribution in [0.3, 0.4) is 0 Å². The average molecular weight is 358 g/mol. The third-order valence-electron chi connectivity index (χ3n) is 4.42. The fourth-order valence-corrected chi connectivity index (χ4v) is 3.23. The molecule has 25 heavy (non-hydrogen) atoms. The predicted octanol–water partition coefficient (Wildman–Crippen LogP) is 3.27. The first kappa shape index (κ1) is 17.6. The molecule has 1 aliphatic rings. The Kier molecular flexibility index (Phi) is 5.79. The maximum Gasteiger partial charge on any atom is 0.238 e. The second-order valence-corrected chi connectivity index (χ2v) is 6.53. The van der Waals surface area contributed by atoms with Crippen LogP contribution in [0.1, 0.15) is 23.2 Å². The molecule has 1 aliphatic heterocycles. The lowest BCUT2D eigenvalue weighted by Gasteiger charge is -2.30. The third kappa shape index (κ3) is 4.65. The zero-order chi connectivity index (χ0) is 17.6. The van der Waals surface area contributed by atoms with E-state index in [4.69, 9.17) is 11.6 Å². The Bertz CT molecular complexity index is 743. The molecule has 130 valence electrons. The fraction of sp³-hybridized carbons (Fsp3) is 0.316. The lowest BCUT2D eigenvalue weighted by Crippen LogP contribution is -2.40. The van der Waals surface area contributed by atoms with Gasteiger partial charge in [0.15, 0.2) is 10.9 Å². The van der Waals surface area contributed by atoms with Crippen molar-refractivity contribution in [3.63, 3.8) is 0 Å². The molecular formula is C19H20ClN3O2. The maximum atomic E-state index is 12.5. The van der Waals surface area contributed by atoms with E-state index in [2.05, 4.69) is 15.2 Å². The minimum absolute atomic E-state index is 0.0366. The molecule has 1 N–H and O–H groups in total. The summed E-state index contributed by atoms with van der Waals surface area (Å²) >= 11 is 5.95. The van der Waals surface area contributed by atoms with Gasteiger partial charge in [0.25, 0.3) is 0 Å². The molecule has 1 saturated heterocycles. The number of Topliss-reactive ketones (excluding diaryl/α,β-unsaturated/α-hetero) is 1. The summed E-state index contributed by atoms with van der Waals surface area (Å²) in [6.45, 7) is 1.76. The maximum absolute atomic E-state index is 12.5. The molecule has 2 aromatic rings. The largest absolute Gasteiger partial charge is 0.322 e. The lowest BCUT2D eigenvalue weighted by atomic mass is 9.89. The van der Waals surface area contributed by atoms with E-state index >= 15 is 0 Å². The Morgan fingerprint density at radius 3 is 2.52 bits per heavy atom. The van der Waals surface area contributed by atoms with Crippen LogP contribution < -0.4 is 5.32 Å². The quantitative estimate of drug-likeness (QED) is 0.659. The van der Waals surface area contributed by atoms with Crippen LogP contribution in [0.25, 0.3) is 0 Å². The van der Waals surface area contributed by atoms with Gasteiger partial charge < -0.3 is 5.32 Å². The second-order valence-electron chi connectivity index (χ2n) is 6.17. The van der Waals surface area contributed by atoms with Crippen molar-refractivity contribution in [2.24, 2.45) is 5.92 Å². The van der Waals surface area contributed by atoms with Crippen molar-refractivity contribution in [2.45, 2.75) is 12.8 Å². The van der Waals surface area contributed by atoms with Crippen molar-refractivity contribution >= 4 is 29.0 Å². The molecule has 2 heterocycles. The number of amides is 1. The number of nitrogens with one attached hydrogen (secondary N) is 1. The second kappa shape index (κ2) is 8.23. The number of halogens is 1. The summed E-state index contributed by atoms with van der Waals surface area (Å²) in [4.78, 5) is 30.7. The van der Waals surface area contributed by atoms with E-state index in [1.807, 2.05) is 30.3 Å². The monoisotopic (exact) mass is 357 g/mol. The van der Waals surface area contributed by atoms with Crippen molar-refractivity contribution in [1.29, 1.82) is 0 Å². The van der Waals surface area contributed by atoms with E-state index in [9.17, 15) is 9.59 Å². The van der Waals surface area contributed by atoms with Crippen LogP contribution in [0.15, 0.2) is 48.7 Å². The average Bonchev–Trinajstić information content (AvgIpc) is 2.64. The molecule has 6 heteroatoms. The van der Waals surface area contributed by atoms with Crippen molar-refractivity contribution in [3.8, 4) is 0 Å². The molecule has 5 nitrogen and oxygen atoms in total. The van der Waals surface area contributed by atoms with E-state index in [-0.39, 0.29) is 29.3 Å². The van der Waals surface area contributed by atoms with Gasteiger partial charge in [-0.05, 0) is 38.1 Å². The van der Waals surface area contributed by atoms with Crippen molar-refractivity contribution in [1.82, 2.24) is 9.88 Å². The lowest BCUT2D eigenvalue weighted by molar-refractivity contribution is -0.117. The minimum Gasteiger partial charge on any atom is -0.322 e. The molecule has 0 spiro atoms. The first-order valence-electron chi connectivity index (χ1n) is 8.35. The summed E-state index contributed by atoms with van der Waals surface area (Å²) in [6.07, 6.45) is 3.12. The number of carbonyl (C=O) groups excluding carboxylic acids is 2. The van der Waals surface area contributed by atoms with Gasteiger partial charge in [0, 0.05) is 17.7 Å². The van der Waals surface area contributed by atoms with Gasteiger partial charge in [-0.2, -0.15) is 0 Å². The highest BCUT2D eigenvalue weighted by molar-refractivity contribution is 6.32. The van der Waals surface area contributed by atoms with Gasteiger partial charge in [-0.25, -0.2) is 4.98 Å². The normalized spacial score (nSPS) is 15.7. The van der Waals surface area contributed by atoms with Crippen LogP contribution in [0.2, 0.25) is 5.15 Å². The fourth-order valence-electron chi connectivity index (χ4n) is 3.06. The Morgan fingerprint density at radius 1 is 1.12 bits per heavy atom. The van der Waals surface area contributed by atoms with Gasteiger partial charge in [0.2, 0.25) is 5.91 Å². The minimum atomic E-state index is -0.122. The zero-order valence-corrected chi connectivity index (χ0v) is 14.6. The van der Waals surface area contributed by atoms with E-state index in [1.165, 1.54) is 0 Å². The molecular weight excluding hydrogens is 338 g/mol. The number of hydrogen-bond donors (Lipinski definition) is 1. The van der Waals surface area contributed by atoms with Crippen LogP contribution in [0.4, 0.5) is 5.69 Å². The first-order chi connectivity index (χ1) is 12.1. The molecule has 0 unspecified atom stereocenters. The van der Waals surface area contributed by atoms with Crippen molar-refractivity contribution < 1.29 is 9.59 Å². The molecule has 0 radical (unpaired) electrons. The standard InChI is InChI=1S/C19H20ClN3O2/c20-19-16(7-4-10-21-19)22-17(24)13-23-11-8-15(9-12-23)18(25)14-5-2-1-3-6-14/h1-7,10,15H,8-9,11-13H2,(H,22,24). The Balaban J connectivity index is 1.48. The summed E-state index contributed by atoms with van der Waals surface area (Å²) in [5.41, 5.74) is 1.29. The number of likely N-dealkylation sites (tertiary alicyclic amines) is 1. The molecule has 1 aromatic heterocycles. The molecule has 1 aromatic carbocycles. The topological polar surface area (TPSA) is 62.3 Å². The Labute approximate surface area is 152 Å². The van der Waals surface area contributed by atoms with Gasteiger partial charge in [-0.1, -0.05) is 41.9 Å². The number of carbonyl (C=O) groups is 2. The van der Waals surface area contributed by atoms with Crippen LogP contribution in [-0.2, 0) is 4.79 Å². The van der Waals surface area contributed by atoms with Gasteiger partial charge in [-0.15, -0.1) is 0 Å². The number of hydrogen-bond acceptors (Lipinski definition) is 4. The Morgan fingerprint density at radius 2 is 1.84 bits per heavy atom. The Hall–Kier alpha value is -2.24. The zero-order valence-electron chi connectivity index (χ0n) is 13.8. The molecule has 0 saturated carbocycles. The highest BCUT2D eigenvalue weighted by Gasteiger charge is 2.26. The highest BCUT2D eigenvalue weighted by atomic mass is 35.5. The van der Waals surface area contributed by atoms with E-state index in [1.54, 1.807) is 18.3 Å². The number of anilines is 1. The number of pyridine rings is 1. The SMILES string of the molecule is O=C(CN1CCC(C(=O)c2ccccc2)CC1)Nc1cccnc1Cl. The van der Waals surface area contributed by atoms with Gasteiger partial charge in [0.05, 0.1) is 12.2 Å². The summed E-state index contributed by atoms with van der Waals surface area (Å²) in [5, 5.41) is 3.06. The number of rotatable bonds is 5. The van der Waals surface area contributed by atoms with Crippen molar-refractivity contribution in [3.05, 3.63) is 59.4 Å². The van der Waals surface area contributed by atoms with E-state index in [0.29, 0.717) is 5.69 Å². The summed E-state index contributed by atoms with van der Waals surface area (Å²) in [7, 11) is 0. The molecule has 1 fully saturated rings. The predicted molar refractivity (Wildman–Crippen MR) is 97.8 cm³/mol. The number of ketones is 1. The first-order valence-corrected chi connectivity index (χ1v) is 8.73. The van der Waals surface area contributed by atoms with E-state index in [0.717, 1.165) is 31.5 Å². The van der Waals surface area contributed by atoms with Crippen LogP contribution in [0.5, 0.6) is 0 Å². The summed E-state index contributed by atoms with van der Waals surface area (Å²) in [5.74, 6) is 0.115. The summed E-state index contributed by atoms with van der Waals surface area (Å²) < 4.78 is 0. The number of piperidine rings is 1. The van der Waals surface area contributed by atoms with Crippen LogP contribution in [0, 0.1) is 5.92 Å².